The third kappa shape index (κ3) is 7.47. The standard InChI is InChI=1S/C19H29N3O5S/c1-13(2)18(25)27-15(11-20(5)9-10-28-19(26)14(3)4)12-22-8-7-21(6)16(23)17(22)24/h15H,1,3,7-12H2,2,4-6H3. The van der Waals surface area contributed by atoms with Crippen LogP contribution in [0.4, 0.5) is 0 Å². The second-order valence-corrected chi connectivity index (χ2v) is 8.03. The van der Waals surface area contributed by atoms with Gasteiger partial charge < -0.3 is 19.4 Å². The van der Waals surface area contributed by atoms with Crippen LogP contribution in [-0.4, -0.2) is 96.3 Å². The molecule has 1 atom stereocenters. The summed E-state index contributed by atoms with van der Waals surface area (Å²) in [6.45, 7) is 12.3. The normalized spacial score (nSPS) is 15.6. The van der Waals surface area contributed by atoms with Crippen molar-refractivity contribution in [2.45, 2.75) is 20.0 Å². The fraction of sp³-hybridized carbons (Fsp3) is 0.579. The van der Waals surface area contributed by atoms with Gasteiger partial charge in [0.15, 0.2) is 0 Å². The summed E-state index contributed by atoms with van der Waals surface area (Å²) in [6.07, 6.45) is -0.615. The van der Waals surface area contributed by atoms with E-state index >= 15 is 0 Å². The molecule has 0 saturated carbocycles. The smallest absolute Gasteiger partial charge is 0.333 e. The molecule has 0 spiro atoms. The van der Waals surface area contributed by atoms with Gasteiger partial charge in [0.1, 0.15) is 6.10 Å². The van der Waals surface area contributed by atoms with Gasteiger partial charge in [-0.05, 0) is 26.5 Å². The van der Waals surface area contributed by atoms with Crippen LogP contribution < -0.4 is 0 Å². The number of carbonyl (C=O) groups is 4. The molecular formula is C19H29N3O5S. The van der Waals surface area contributed by atoms with Crippen molar-refractivity contribution >= 4 is 34.7 Å². The zero-order chi connectivity index (χ0) is 21.4. The minimum Gasteiger partial charge on any atom is -0.456 e. The van der Waals surface area contributed by atoms with Crippen molar-refractivity contribution in [3.63, 3.8) is 0 Å². The maximum Gasteiger partial charge on any atom is 0.333 e. The second kappa shape index (κ2) is 11.0. The number of esters is 1. The summed E-state index contributed by atoms with van der Waals surface area (Å²) in [5.74, 6) is -1.15. The van der Waals surface area contributed by atoms with Gasteiger partial charge in [-0.3, -0.25) is 14.4 Å². The molecule has 0 aromatic heterocycles. The highest BCUT2D eigenvalue weighted by molar-refractivity contribution is 8.14. The van der Waals surface area contributed by atoms with Crippen LogP contribution >= 0.6 is 11.8 Å². The Labute approximate surface area is 170 Å². The van der Waals surface area contributed by atoms with Crippen molar-refractivity contribution in [3.05, 3.63) is 24.3 Å². The molecule has 8 nitrogen and oxygen atoms in total. The van der Waals surface area contributed by atoms with Gasteiger partial charge in [0.05, 0.1) is 6.54 Å². The summed E-state index contributed by atoms with van der Waals surface area (Å²) >= 11 is 1.18. The summed E-state index contributed by atoms with van der Waals surface area (Å²) in [7, 11) is 3.41. The highest BCUT2D eigenvalue weighted by Crippen LogP contribution is 2.11. The summed E-state index contributed by atoms with van der Waals surface area (Å²) < 4.78 is 5.47. The fourth-order valence-corrected chi connectivity index (χ4v) is 3.27. The predicted octanol–water partition coefficient (Wildman–Crippen LogP) is 0.543. The number of piperazine rings is 1. The molecule has 28 heavy (non-hydrogen) atoms. The first-order valence-electron chi connectivity index (χ1n) is 8.95. The van der Waals surface area contributed by atoms with Crippen molar-refractivity contribution in [3.8, 4) is 0 Å². The van der Waals surface area contributed by atoms with Crippen LogP contribution in [0, 0.1) is 0 Å². The fourth-order valence-electron chi connectivity index (χ4n) is 2.43. The van der Waals surface area contributed by atoms with E-state index in [1.54, 1.807) is 20.9 Å². The third-order valence-corrected chi connectivity index (χ3v) is 5.14. The average molecular weight is 412 g/mol. The van der Waals surface area contributed by atoms with Crippen molar-refractivity contribution in [2.24, 2.45) is 0 Å². The minimum absolute atomic E-state index is 0.0554. The van der Waals surface area contributed by atoms with Crippen LogP contribution in [0.25, 0.3) is 0 Å². The number of hydrogen-bond acceptors (Lipinski definition) is 7. The zero-order valence-corrected chi connectivity index (χ0v) is 17.8. The topological polar surface area (TPSA) is 87.2 Å². The predicted molar refractivity (Wildman–Crippen MR) is 109 cm³/mol. The molecule has 1 unspecified atom stereocenters. The number of amides is 2. The van der Waals surface area contributed by atoms with E-state index in [1.807, 2.05) is 11.9 Å². The first kappa shape index (κ1) is 23.9. The highest BCUT2D eigenvalue weighted by Gasteiger charge is 2.32. The Bertz CT molecular complexity index is 664. The van der Waals surface area contributed by atoms with Crippen molar-refractivity contribution in [2.75, 3.05) is 52.6 Å². The van der Waals surface area contributed by atoms with Crippen LogP contribution in [0.3, 0.4) is 0 Å². The molecule has 0 bridgehead atoms. The molecule has 0 aromatic carbocycles. The quantitative estimate of drug-likeness (QED) is 0.295. The lowest BCUT2D eigenvalue weighted by molar-refractivity contribution is -0.158. The minimum atomic E-state index is -0.615. The van der Waals surface area contributed by atoms with E-state index < -0.39 is 23.9 Å². The molecule has 0 radical (unpaired) electrons. The molecule has 1 rings (SSSR count). The van der Waals surface area contributed by atoms with Gasteiger partial charge in [-0.1, -0.05) is 24.9 Å². The SMILES string of the molecule is C=C(C)C(=O)OC(CN(C)CCSC(=O)C(=C)C)CN1CCN(C)C(=O)C1=O. The van der Waals surface area contributed by atoms with E-state index in [4.69, 9.17) is 4.74 Å². The van der Waals surface area contributed by atoms with Crippen molar-refractivity contribution < 1.29 is 23.9 Å². The van der Waals surface area contributed by atoms with E-state index in [0.717, 1.165) is 0 Å². The van der Waals surface area contributed by atoms with E-state index in [2.05, 4.69) is 13.2 Å². The summed E-state index contributed by atoms with van der Waals surface area (Å²) in [5, 5.41) is -0.0554. The second-order valence-electron chi connectivity index (χ2n) is 6.96. The number of likely N-dealkylation sites (N-methyl/N-ethyl adjacent to an activating group) is 2. The van der Waals surface area contributed by atoms with Crippen molar-refractivity contribution in [1.29, 1.82) is 0 Å². The Balaban J connectivity index is 2.68. The van der Waals surface area contributed by atoms with E-state index in [1.165, 1.54) is 21.6 Å². The molecule has 2 amide bonds. The lowest BCUT2D eigenvalue weighted by Crippen LogP contribution is -2.55. The Kier molecular flexibility index (Phi) is 9.40. The molecule has 0 aromatic rings. The van der Waals surface area contributed by atoms with Gasteiger partial charge in [0.25, 0.3) is 0 Å². The van der Waals surface area contributed by atoms with Crippen LogP contribution in [0.5, 0.6) is 0 Å². The maximum absolute atomic E-state index is 12.2. The maximum atomic E-state index is 12.2. The molecule has 0 aliphatic carbocycles. The number of rotatable bonds is 10. The Morgan fingerprint density at radius 3 is 2.39 bits per heavy atom. The lowest BCUT2D eigenvalue weighted by atomic mass is 10.2. The lowest BCUT2D eigenvalue weighted by Gasteiger charge is -2.34. The molecule has 1 heterocycles. The van der Waals surface area contributed by atoms with E-state index in [0.29, 0.717) is 37.5 Å². The van der Waals surface area contributed by atoms with Crippen molar-refractivity contribution in [1.82, 2.24) is 14.7 Å². The van der Waals surface area contributed by atoms with Crippen LogP contribution in [0.1, 0.15) is 13.8 Å². The number of nitrogens with zero attached hydrogens (tertiary/aromatic N) is 3. The first-order chi connectivity index (χ1) is 13.0. The highest BCUT2D eigenvalue weighted by atomic mass is 32.2. The number of carbonyl (C=O) groups excluding carboxylic acids is 4. The van der Waals surface area contributed by atoms with E-state index in [-0.39, 0.29) is 17.2 Å². The largest absolute Gasteiger partial charge is 0.456 e. The summed E-state index contributed by atoms with van der Waals surface area (Å²) in [4.78, 5) is 52.4. The van der Waals surface area contributed by atoms with Gasteiger partial charge in [-0.15, -0.1) is 0 Å². The Hall–Kier alpha value is -2.13. The molecule has 9 heteroatoms. The Morgan fingerprint density at radius 1 is 1.18 bits per heavy atom. The van der Waals surface area contributed by atoms with Gasteiger partial charge in [-0.25, -0.2) is 4.79 Å². The van der Waals surface area contributed by atoms with Gasteiger partial charge in [0, 0.05) is 44.6 Å². The van der Waals surface area contributed by atoms with Gasteiger partial charge >= 0.3 is 17.8 Å². The molecule has 1 aliphatic rings. The van der Waals surface area contributed by atoms with E-state index in [9.17, 15) is 19.2 Å². The summed E-state index contributed by atoms with van der Waals surface area (Å²) in [5.41, 5.74) is 0.759. The molecule has 156 valence electrons. The van der Waals surface area contributed by atoms with Crippen LogP contribution in [0.15, 0.2) is 24.3 Å². The molecule has 1 fully saturated rings. The number of ether oxygens (including phenoxy) is 1. The van der Waals surface area contributed by atoms with Crippen LogP contribution in [-0.2, 0) is 23.9 Å². The zero-order valence-electron chi connectivity index (χ0n) is 17.0. The summed E-state index contributed by atoms with van der Waals surface area (Å²) in [6, 6.07) is 0. The first-order valence-corrected chi connectivity index (χ1v) is 9.93. The van der Waals surface area contributed by atoms with Gasteiger partial charge in [-0.2, -0.15) is 0 Å². The number of hydrogen-bond donors (Lipinski definition) is 0. The molecule has 1 aliphatic heterocycles. The van der Waals surface area contributed by atoms with Crippen LogP contribution in [0.2, 0.25) is 0 Å². The molecular weight excluding hydrogens is 382 g/mol. The monoisotopic (exact) mass is 411 g/mol. The molecule has 0 N–H and O–H groups in total. The number of thioether (sulfide) groups is 1. The third-order valence-electron chi connectivity index (χ3n) is 4.14. The Morgan fingerprint density at radius 2 is 1.82 bits per heavy atom. The van der Waals surface area contributed by atoms with Gasteiger partial charge in [0.2, 0.25) is 5.12 Å². The average Bonchev–Trinajstić information content (AvgIpc) is 2.61. The molecule has 1 saturated heterocycles.